The van der Waals surface area contributed by atoms with Gasteiger partial charge in [-0.3, -0.25) is 10.1 Å². The lowest BCUT2D eigenvalue weighted by molar-refractivity contribution is -0.384. The van der Waals surface area contributed by atoms with Gasteiger partial charge >= 0.3 is 0 Å². The Morgan fingerprint density at radius 1 is 1.50 bits per heavy atom. The maximum Gasteiger partial charge on any atom is 0.269 e. The van der Waals surface area contributed by atoms with E-state index >= 15 is 0 Å². The second kappa shape index (κ2) is 6.67. The van der Waals surface area contributed by atoms with Crippen LogP contribution in [0.3, 0.4) is 0 Å². The van der Waals surface area contributed by atoms with Crippen LogP contribution in [0.5, 0.6) is 0 Å². The van der Waals surface area contributed by atoms with E-state index in [1.54, 1.807) is 6.07 Å². The van der Waals surface area contributed by atoms with Gasteiger partial charge in [0.05, 0.1) is 17.6 Å². The summed E-state index contributed by atoms with van der Waals surface area (Å²) in [6, 6.07) is 4.58. The Kier molecular flexibility index (Phi) is 4.92. The van der Waals surface area contributed by atoms with Gasteiger partial charge in [0.25, 0.3) is 5.69 Å². The molecule has 1 fully saturated rings. The van der Waals surface area contributed by atoms with Crippen LogP contribution < -0.4 is 4.90 Å². The molecule has 1 aliphatic heterocycles. The first-order chi connectivity index (χ1) is 9.61. The summed E-state index contributed by atoms with van der Waals surface area (Å²) >= 11 is 0. The molecule has 110 valence electrons. The Labute approximate surface area is 118 Å². The highest BCUT2D eigenvalue weighted by molar-refractivity contribution is 5.57. The van der Waals surface area contributed by atoms with Crippen molar-refractivity contribution in [1.29, 1.82) is 0 Å². The van der Waals surface area contributed by atoms with Crippen LogP contribution in [0.25, 0.3) is 0 Å². The summed E-state index contributed by atoms with van der Waals surface area (Å²) in [6.07, 6.45) is 3.51. The third kappa shape index (κ3) is 3.46. The van der Waals surface area contributed by atoms with Gasteiger partial charge in [0.1, 0.15) is 0 Å². The van der Waals surface area contributed by atoms with Crippen LogP contribution in [-0.4, -0.2) is 36.3 Å². The molecule has 1 aromatic carbocycles. The number of anilines is 1. The third-order valence-electron chi connectivity index (χ3n) is 3.61. The molecular weight excluding hydrogens is 260 g/mol. The van der Waals surface area contributed by atoms with E-state index in [1.165, 1.54) is 18.6 Å². The number of likely N-dealkylation sites (N-methyl/N-ethyl adjacent to an activating group) is 1. The van der Waals surface area contributed by atoms with Crippen LogP contribution in [-0.2, 0) is 11.3 Å². The maximum absolute atomic E-state index is 10.8. The van der Waals surface area contributed by atoms with E-state index in [-0.39, 0.29) is 18.4 Å². The summed E-state index contributed by atoms with van der Waals surface area (Å²) in [5.41, 5.74) is 1.38. The van der Waals surface area contributed by atoms with Crippen LogP contribution in [0.15, 0.2) is 18.2 Å². The van der Waals surface area contributed by atoms with Gasteiger partial charge in [0, 0.05) is 43.6 Å². The molecule has 1 N–H and O–H groups in total. The van der Waals surface area contributed by atoms with E-state index in [4.69, 9.17) is 4.74 Å². The molecule has 0 amide bonds. The number of rotatable bonds is 5. The highest BCUT2D eigenvalue weighted by Crippen LogP contribution is 2.26. The monoisotopic (exact) mass is 280 g/mol. The highest BCUT2D eigenvalue weighted by atomic mass is 16.6. The van der Waals surface area contributed by atoms with E-state index in [0.717, 1.165) is 31.7 Å². The zero-order valence-corrected chi connectivity index (χ0v) is 11.6. The van der Waals surface area contributed by atoms with Crippen LogP contribution in [0.2, 0.25) is 0 Å². The minimum absolute atomic E-state index is 0.000108. The fraction of sp³-hybridized carbons (Fsp3) is 0.571. The van der Waals surface area contributed by atoms with Crippen molar-refractivity contribution in [2.24, 2.45) is 0 Å². The molecule has 0 radical (unpaired) electrons. The van der Waals surface area contributed by atoms with Crippen LogP contribution in [0.1, 0.15) is 24.8 Å². The first kappa shape index (κ1) is 14.7. The van der Waals surface area contributed by atoms with Crippen molar-refractivity contribution < 1.29 is 14.8 Å². The predicted octanol–water partition coefficient (Wildman–Crippen LogP) is 2.09. The quantitative estimate of drug-likeness (QED) is 0.660. The Morgan fingerprint density at radius 2 is 2.30 bits per heavy atom. The summed E-state index contributed by atoms with van der Waals surface area (Å²) in [7, 11) is 1.91. The average Bonchev–Trinajstić information content (AvgIpc) is 2.47. The largest absolute Gasteiger partial charge is 0.392 e. The number of nitrogens with zero attached hydrogens (tertiary/aromatic N) is 2. The molecular formula is C14H20N2O4. The summed E-state index contributed by atoms with van der Waals surface area (Å²) in [6.45, 7) is 1.31. The molecule has 6 heteroatoms. The molecule has 1 unspecified atom stereocenters. The number of nitro groups is 1. The van der Waals surface area contributed by atoms with Gasteiger partial charge in [0.2, 0.25) is 0 Å². The molecule has 0 aliphatic carbocycles. The number of hydrogen-bond donors (Lipinski definition) is 1. The first-order valence-corrected chi connectivity index (χ1v) is 6.82. The van der Waals surface area contributed by atoms with Gasteiger partial charge in [-0.2, -0.15) is 0 Å². The maximum atomic E-state index is 10.8. The lowest BCUT2D eigenvalue weighted by atomic mass is 10.1. The Bertz CT molecular complexity index is 472. The van der Waals surface area contributed by atoms with Crippen LogP contribution in [0.4, 0.5) is 11.4 Å². The number of aliphatic hydroxyl groups is 1. The number of aliphatic hydroxyl groups excluding tert-OH is 1. The molecule has 0 saturated carbocycles. The average molecular weight is 280 g/mol. The molecule has 1 saturated heterocycles. The summed E-state index contributed by atoms with van der Waals surface area (Å²) in [4.78, 5) is 12.3. The van der Waals surface area contributed by atoms with E-state index < -0.39 is 4.92 Å². The molecule has 6 nitrogen and oxygen atoms in total. The van der Waals surface area contributed by atoms with Crippen molar-refractivity contribution in [2.75, 3.05) is 25.1 Å². The van der Waals surface area contributed by atoms with Gasteiger partial charge in [-0.25, -0.2) is 0 Å². The summed E-state index contributed by atoms with van der Waals surface area (Å²) < 4.78 is 5.69. The van der Waals surface area contributed by atoms with Gasteiger partial charge in [0.15, 0.2) is 0 Å². The Morgan fingerprint density at radius 3 is 2.90 bits per heavy atom. The molecule has 20 heavy (non-hydrogen) atoms. The van der Waals surface area contributed by atoms with Gasteiger partial charge in [-0.15, -0.1) is 0 Å². The molecule has 1 heterocycles. The van der Waals surface area contributed by atoms with Crippen LogP contribution in [0, 0.1) is 10.1 Å². The number of nitro benzene ring substituents is 1. The number of non-ortho nitro benzene ring substituents is 1. The minimum Gasteiger partial charge on any atom is -0.392 e. The fourth-order valence-corrected chi connectivity index (χ4v) is 2.54. The molecule has 1 atom stereocenters. The second-order valence-electron chi connectivity index (χ2n) is 5.10. The van der Waals surface area contributed by atoms with Crippen molar-refractivity contribution >= 4 is 11.4 Å². The standard InChI is InChI=1S/C14H20N2O4/c1-15(9-13-4-2-3-7-20-13)14-6-5-12(16(18)19)8-11(14)10-17/h5-6,8,13,17H,2-4,7,9-10H2,1H3. The lowest BCUT2D eigenvalue weighted by Crippen LogP contribution is -2.33. The summed E-state index contributed by atoms with van der Waals surface area (Å²) in [5, 5.41) is 20.2. The van der Waals surface area contributed by atoms with Gasteiger partial charge in [-0.05, 0) is 25.3 Å². The number of hydrogen-bond acceptors (Lipinski definition) is 5. The van der Waals surface area contributed by atoms with Gasteiger partial charge < -0.3 is 14.7 Å². The Balaban J connectivity index is 2.11. The second-order valence-corrected chi connectivity index (χ2v) is 5.10. The first-order valence-electron chi connectivity index (χ1n) is 6.82. The van der Waals surface area contributed by atoms with Crippen LogP contribution >= 0.6 is 0 Å². The van der Waals surface area contributed by atoms with E-state index in [2.05, 4.69) is 0 Å². The van der Waals surface area contributed by atoms with Crippen molar-refractivity contribution in [3.05, 3.63) is 33.9 Å². The molecule has 0 bridgehead atoms. The van der Waals surface area contributed by atoms with Crippen molar-refractivity contribution in [1.82, 2.24) is 0 Å². The number of benzene rings is 1. The van der Waals surface area contributed by atoms with Crippen molar-refractivity contribution in [3.8, 4) is 0 Å². The van der Waals surface area contributed by atoms with Gasteiger partial charge in [-0.1, -0.05) is 0 Å². The van der Waals surface area contributed by atoms with E-state index in [9.17, 15) is 15.2 Å². The minimum atomic E-state index is -0.451. The SMILES string of the molecule is CN(CC1CCCCO1)c1ccc([N+](=O)[O-])cc1CO. The Hall–Kier alpha value is -1.66. The highest BCUT2D eigenvalue weighted by Gasteiger charge is 2.18. The molecule has 1 aliphatic rings. The van der Waals surface area contributed by atoms with Crippen molar-refractivity contribution in [2.45, 2.75) is 32.0 Å². The molecule has 2 rings (SSSR count). The topological polar surface area (TPSA) is 75.8 Å². The lowest BCUT2D eigenvalue weighted by Gasteiger charge is -2.29. The third-order valence-corrected chi connectivity index (χ3v) is 3.61. The zero-order chi connectivity index (χ0) is 14.5. The summed E-state index contributed by atoms with van der Waals surface area (Å²) in [5.74, 6) is 0. The zero-order valence-electron chi connectivity index (χ0n) is 11.6. The predicted molar refractivity (Wildman–Crippen MR) is 75.9 cm³/mol. The van der Waals surface area contributed by atoms with E-state index in [0.29, 0.717) is 5.56 Å². The normalized spacial score (nSPS) is 18.8. The fourth-order valence-electron chi connectivity index (χ4n) is 2.54. The van der Waals surface area contributed by atoms with Crippen molar-refractivity contribution in [3.63, 3.8) is 0 Å². The smallest absolute Gasteiger partial charge is 0.269 e. The number of ether oxygens (including phenoxy) is 1. The molecule has 0 spiro atoms. The van der Waals surface area contributed by atoms with E-state index in [1.807, 2.05) is 11.9 Å². The molecule has 1 aromatic rings. The molecule has 0 aromatic heterocycles.